The molecule has 0 saturated carbocycles. The Hall–Kier alpha value is -1.60. The molecule has 1 aromatic heterocycles. The number of aliphatic hydroxyl groups is 3. The number of benzene rings is 1. The number of aromatic amines is 1. The van der Waals surface area contributed by atoms with Crippen LogP contribution in [0.4, 0.5) is 0 Å². The smallest absolute Gasteiger partial charge is 0.230 e. The summed E-state index contributed by atoms with van der Waals surface area (Å²) in [6, 6.07) is 9.42. The van der Waals surface area contributed by atoms with Gasteiger partial charge in [0.05, 0.1) is 6.61 Å². The average molecular weight is 265 g/mol. The molecule has 4 N–H and O–H groups in total. The highest BCUT2D eigenvalue weighted by atomic mass is 16.7. The van der Waals surface area contributed by atoms with Crippen LogP contribution in [0.2, 0.25) is 0 Å². The second-order valence-electron chi connectivity index (χ2n) is 4.55. The third-order valence-electron chi connectivity index (χ3n) is 3.25. The van der Waals surface area contributed by atoms with E-state index in [4.69, 9.17) is 14.6 Å². The molecule has 1 aliphatic heterocycles. The van der Waals surface area contributed by atoms with Gasteiger partial charge in [0.1, 0.15) is 18.3 Å². The maximum Gasteiger partial charge on any atom is 0.230 e. The summed E-state index contributed by atoms with van der Waals surface area (Å²) in [5, 5.41) is 29.4. The van der Waals surface area contributed by atoms with Crippen LogP contribution in [0.5, 0.6) is 5.88 Å². The van der Waals surface area contributed by atoms with Gasteiger partial charge in [0.15, 0.2) is 5.88 Å². The summed E-state index contributed by atoms with van der Waals surface area (Å²) in [5.74, 6) is 0.441. The Morgan fingerprint density at radius 2 is 2.00 bits per heavy atom. The Labute approximate surface area is 109 Å². The zero-order valence-electron chi connectivity index (χ0n) is 10.1. The van der Waals surface area contributed by atoms with Crippen molar-refractivity contribution in [1.82, 2.24) is 4.98 Å². The van der Waals surface area contributed by atoms with Crippen LogP contribution in [0.3, 0.4) is 0 Å². The molecular formula is C13H15NO5. The van der Waals surface area contributed by atoms with Crippen LogP contribution in [0.1, 0.15) is 0 Å². The van der Waals surface area contributed by atoms with Gasteiger partial charge in [-0.25, -0.2) is 0 Å². The fourth-order valence-electron chi connectivity index (χ4n) is 2.20. The van der Waals surface area contributed by atoms with Crippen LogP contribution in [-0.4, -0.2) is 51.5 Å². The van der Waals surface area contributed by atoms with Crippen molar-refractivity contribution in [2.75, 3.05) is 6.61 Å². The maximum atomic E-state index is 9.77. The Bertz CT molecular complexity index is 536. The molecule has 6 nitrogen and oxygen atoms in total. The number of nitrogens with one attached hydrogen (secondary N) is 1. The molecule has 0 aliphatic carbocycles. The molecule has 1 fully saturated rings. The van der Waals surface area contributed by atoms with Crippen LogP contribution in [-0.2, 0) is 4.74 Å². The highest BCUT2D eigenvalue weighted by Gasteiger charge is 2.44. The van der Waals surface area contributed by atoms with Crippen molar-refractivity contribution in [2.45, 2.75) is 24.6 Å². The van der Waals surface area contributed by atoms with Crippen LogP contribution < -0.4 is 4.74 Å². The average Bonchev–Trinajstić information content (AvgIpc) is 2.94. The number of rotatable bonds is 3. The van der Waals surface area contributed by atoms with Gasteiger partial charge < -0.3 is 29.8 Å². The number of ether oxygens (including phenoxy) is 2. The molecule has 0 spiro atoms. The quantitative estimate of drug-likeness (QED) is 0.626. The molecular weight excluding hydrogens is 250 g/mol. The van der Waals surface area contributed by atoms with E-state index in [1.807, 2.05) is 24.3 Å². The summed E-state index contributed by atoms with van der Waals surface area (Å²) in [6.07, 6.45) is -4.17. The van der Waals surface area contributed by atoms with Crippen molar-refractivity contribution in [3.63, 3.8) is 0 Å². The van der Waals surface area contributed by atoms with Gasteiger partial charge in [0, 0.05) is 17.0 Å². The molecule has 4 atom stereocenters. The van der Waals surface area contributed by atoms with Crippen LogP contribution >= 0.6 is 0 Å². The molecule has 6 heteroatoms. The van der Waals surface area contributed by atoms with Crippen LogP contribution in [0, 0.1) is 0 Å². The first-order valence-electron chi connectivity index (χ1n) is 6.06. The van der Waals surface area contributed by atoms with E-state index in [9.17, 15) is 10.2 Å². The van der Waals surface area contributed by atoms with Gasteiger partial charge in [-0.1, -0.05) is 18.2 Å². The maximum absolute atomic E-state index is 9.77. The Morgan fingerprint density at radius 3 is 2.68 bits per heavy atom. The first-order chi connectivity index (χ1) is 9.19. The van der Waals surface area contributed by atoms with E-state index in [-0.39, 0.29) is 6.61 Å². The standard InChI is InChI=1S/C13H15NO5/c15-6-9-11(16)12(17)13(18-9)19-10-5-7-3-1-2-4-8(7)14-10/h1-5,9,11-17H,6H2/t9-,11-,12+,13?/m1/s1. The molecule has 2 heterocycles. The van der Waals surface area contributed by atoms with E-state index in [1.54, 1.807) is 6.07 Å². The number of H-pyrrole nitrogens is 1. The lowest BCUT2D eigenvalue weighted by Crippen LogP contribution is -2.35. The predicted molar refractivity (Wildman–Crippen MR) is 66.7 cm³/mol. The molecule has 19 heavy (non-hydrogen) atoms. The Balaban J connectivity index is 1.78. The van der Waals surface area contributed by atoms with E-state index < -0.39 is 24.6 Å². The van der Waals surface area contributed by atoms with Crippen molar-refractivity contribution in [2.24, 2.45) is 0 Å². The minimum atomic E-state index is -1.19. The summed E-state index contributed by atoms with van der Waals surface area (Å²) in [4.78, 5) is 3.03. The van der Waals surface area contributed by atoms with E-state index in [0.717, 1.165) is 10.9 Å². The summed E-state index contributed by atoms with van der Waals surface area (Å²) in [7, 11) is 0. The summed E-state index contributed by atoms with van der Waals surface area (Å²) < 4.78 is 10.7. The largest absolute Gasteiger partial charge is 0.447 e. The van der Waals surface area contributed by atoms with Crippen molar-refractivity contribution in [1.29, 1.82) is 0 Å². The first-order valence-corrected chi connectivity index (χ1v) is 6.06. The zero-order chi connectivity index (χ0) is 13.4. The van der Waals surface area contributed by atoms with Gasteiger partial charge in [-0.05, 0) is 6.07 Å². The van der Waals surface area contributed by atoms with Crippen molar-refractivity contribution >= 4 is 10.9 Å². The van der Waals surface area contributed by atoms with Crippen molar-refractivity contribution < 1.29 is 24.8 Å². The minimum absolute atomic E-state index is 0.370. The van der Waals surface area contributed by atoms with Crippen LogP contribution in [0.25, 0.3) is 10.9 Å². The molecule has 3 rings (SSSR count). The van der Waals surface area contributed by atoms with Crippen molar-refractivity contribution in [3.05, 3.63) is 30.3 Å². The van der Waals surface area contributed by atoms with Gasteiger partial charge in [-0.15, -0.1) is 0 Å². The number of hydrogen-bond donors (Lipinski definition) is 4. The van der Waals surface area contributed by atoms with E-state index in [0.29, 0.717) is 5.88 Å². The monoisotopic (exact) mass is 265 g/mol. The molecule has 102 valence electrons. The number of aliphatic hydroxyl groups excluding tert-OH is 3. The molecule has 1 aromatic carbocycles. The number of para-hydroxylation sites is 1. The molecule has 1 aliphatic rings. The molecule has 2 aromatic rings. The van der Waals surface area contributed by atoms with E-state index in [2.05, 4.69) is 4.98 Å². The fourth-order valence-corrected chi connectivity index (χ4v) is 2.20. The lowest BCUT2D eigenvalue weighted by Gasteiger charge is -2.15. The number of fused-ring (bicyclic) bond motifs is 1. The third kappa shape index (κ3) is 2.19. The van der Waals surface area contributed by atoms with Crippen LogP contribution in [0.15, 0.2) is 30.3 Å². The predicted octanol–water partition coefficient (Wildman–Crippen LogP) is -0.0143. The number of aromatic nitrogens is 1. The zero-order valence-corrected chi connectivity index (χ0v) is 10.1. The third-order valence-corrected chi connectivity index (χ3v) is 3.25. The number of hydrogen-bond acceptors (Lipinski definition) is 5. The van der Waals surface area contributed by atoms with Gasteiger partial charge >= 0.3 is 0 Å². The minimum Gasteiger partial charge on any atom is -0.447 e. The van der Waals surface area contributed by atoms with Gasteiger partial charge in [-0.2, -0.15) is 0 Å². The lowest BCUT2D eigenvalue weighted by atomic mass is 10.1. The first kappa shape index (κ1) is 12.4. The van der Waals surface area contributed by atoms with Gasteiger partial charge in [0.2, 0.25) is 6.29 Å². The van der Waals surface area contributed by atoms with Crippen molar-refractivity contribution in [3.8, 4) is 5.88 Å². The molecule has 0 amide bonds. The SMILES string of the molecule is OC[C@H]1OC(Oc2cc3ccccc3[nH]2)[C@@H](O)[C@@H]1O. The van der Waals surface area contributed by atoms with Gasteiger partial charge in [-0.3, -0.25) is 0 Å². The van der Waals surface area contributed by atoms with E-state index >= 15 is 0 Å². The highest BCUT2D eigenvalue weighted by Crippen LogP contribution is 2.26. The molecule has 0 bridgehead atoms. The normalized spacial score (nSPS) is 30.9. The molecule has 1 saturated heterocycles. The van der Waals surface area contributed by atoms with Gasteiger partial charge in [0.25, 0.3) is 0 Å². The fraction of sp³-hybridized carbons (Fsp3) is 0.385. The lowest BCUT2D eigenvalue weighted by molar-refractivity contribution is -0.118. The second-order valence-corrected chi connectivity index (χ2v) is 4.55. The summed E-state index contributed by atoms with van der Waals surface area (Å²) >= 11 is 0. The second kappa shape index (κ2) is 4.82. The topological polar surface area (TPSA) is 94.9 Å². The Kier molecular flexibility index (Phi) is 3.16. The highest BCUT2D eigenvalue weighted by molar-refractivity contribution is 5.81. The molecule has 0 radical (unpaired) electrons. The summed E-state index contributed by atoms with van der Waals surface area (Å²) in [5.41, 5.74) is 0.907. The van der Waals surface area contributed by atoms with E-state index in [1.165, 1.54) is 0 Å². The molecule has 1 unspecified atom stereocenters. The Morgan fingerprint density at radius 1 is 1.21 bits per heavy atom. The summed E-state index contributed by atoms with van der Waals surface area (Å²) in [6.45, 7) is -0.370.